The maximum absolute atomic E-state index is 13.2. The normalized spacial score (nSPS) is 11.0. The van der Waals surface area contributed by atoms with Crippen LogP contribution in [0.2, 0.25) is 0 Å². The van der Waals surface area contributed by atoms with Gasteiger partial charge in [-0.2, -0.15) is 0 Å². The summed E-state index contributed by atoms with van der Waals surface area (Å²) in [7, 11) is 4.84. The van der Waals surface area contributed by atoms with Crippen LogP contribution in [0, 0.1) is 0 Å². The molecule has 0 atom stereocenters. The van der Waals surface area contributed by atoms with Gasteiger partial charge >= 0.3 is 0 Å². The molecule has 2 N–H and O–H groups in total. The van der Waals surface area contributed by atoms with Crippen molar-refractivity contribution in [3.63, 3.8) is 0 Å². The SMILES string of the molecule is COc1ccc(CCNC(=O)c2cc3c([nH]c4ccccc43)c(-c3cccc(OC)c3OC)n2)cc1. The van der Waals surface area contributed by atoms with Crippen molar-refractivity contribution in [2.75, 3.05) is 27.9 Å². The molecule has 0 unspecified atom stereocenters. The molecule has 36 heavy (non-hydrogen) atoms. The molecule has 2 aromatic heterocycles. The molecule has 0 aliphatic heterocycles. The molecule has 0 bridgehead atoms. The second-order valence-corrected chi connectivity index (χ2v) is 8.34. The molecule has 0 radical (unpaired) electrons. The molecule has 7 heteroatoms. The number of hydrogen-bond acceptors (Lipinski definition) is 5. The molecule has 2 heterocycles. The highest BCUT2D eigenvalue weighted by atomic mass is 16.5. The van der Waals surface area contributed by atoms with Gasteiger partial charge in [-0.1, -0.05) is 36.4 Å². The number of benzene rings is 3. The zero-order valence-electron chi connectivity index (χ0n) is 20.4. The Morgan fingerprint density at radius 3 is 2.44 bits per heavy atom. The minimum atomic E-state index is -0.237. The lowest BCUT2D eigenvalue weighted by atomic mass is 10.0. The molecule has 5 aromatic rings. The van der Waals surface area contributed by atoms with E-state index in [2.05, 4.69) is 10.3 Å². The van der Waals surface area contributed by atoms with Crippen LogP contribution in [0.4, 0.5) is 0 Å². The number of carbonyl (C=O) groups excluding carboxylic acids is 1. The highest BCUT2D eigenvalue weighted by Crippen LogP contribution is 2.41. The molecule has 7 nitrogen and oxygen atoms in total. The minimum Gasteiger partial charge on any atom is -0.497 e. The number of H-pyrrole nitrogens is 1. The van der Waals surface area contributed by atoms with E-state index in [9.17, 15) is 4.79 Å². The van der Waals surface area contributed by atoms with Gasteiger partial charge in [0.2, 0.25) is 0 Å². The fraction of sp³-hybridized carbons (Fsp3) is 0.172. The summed E-state index contributed by atoms with van der Waals surface area (Å²) < 4.78 is 16.4. The van der Waals surface area contributed by atoms with Crippen molar-refractivity contribution in [2.45, 2.75) is 6.42 Å². The van der Waals surface area contributed by atoms with Crippen molar-refractivity contribution in [2.24, 2.45) is 0 Å². The maximum atomic E-state index is 13.2. The number of aromatic amines is 1. The lowest BCUT2D eigenvalue weighted by Crippen LogP contribution is -2.26. The van der Waals surface area contributed by atoms with Crippen molar-refractivity contribution < 1.29 is 19.0 Å². The van der Waals surface area contributed by atoms with Gasteiger partial charge < -0.3 is 24.5 Å². The van der Waals surface area contributed by atoms with E-state index in [0.717, 1.165) is 38.7 Å². The van der Waals surface area contributed by atoms with E-state index in [-0.39, 0.29) is 5.91 Å². The third kappa shape index (κ3) is 4.31. The zero-order chi connectivity index (χ0) is 25.1. The van der Waals surface area contributed by atoms with Gasteiger partial charge in [-0.25, -0.2) is 4.98 Å². The van der Waals surface area contributed by atoms with E-state index < -0.39 is 0 Å². The van der Waals surface area contributed by atoms with Crippen LogP contribution in [-0.2, 0) is 6.42 Å². The number of ether oxygens (including phenoxy) is 3. The third-order valence-electron chi connectivity index (χ3n) is 6.25. The van der Waals surface area contributed by atoms with Crippen molar-refractivity contribution in [1.29, 1.82) is 0 Å². The van der Waals surface area contributed by atoms with Gasteiger partial charge in [-0.15, -0.1) is 0 Å². The molecule has 182 valence electrons. The number of carbonyl (C=O) groups is 1. The molecule has 0 fully saturated rings. The van der Waals surface area contributed by atoms with E-state index in [1.165, 1.54) is 0 Å². The lowest BCUT2D eigenvalue weighted by molar-refractivity contribution is 0.0949. The molecule has 3 aromatic carbocycles. The van der Waals surface area contributed by atoms with Gasteiger partial charge in [-0.05, 0) is 48.4 Å². The number of nitrogens with one attached hydrogen (secondary N) is 2. The van der Waals surface area contributed by atoms with Gasteiger partial charge in [0, 0.05) is 28.4 Å². The molecule has 0 aliphatic rings. The zero-order valence-corrected chi connectivity index (χ0v) is 20.4. The second kappa shape index (κ2) is 10.00. The van der Waals surface area contributed by atoms with Gasteiger partial charge in [0.25, 0.3) is 5.91 Å². The van der Waals surface area contributed by atoms with Crippen LogP contribution < -0.4 is 19.5 Å². The summed E-state index contributed by atoms with van der Waals surface area (Å²) in [5.74, 6) is 1.72. The first kappa shape index (κ1) is 23.2. The van der Waals surface area contributed by atoms with Gasteiger partial charge in [0.15, 0.2) is 11.5 Å². The molecular formula is C29H27N3O4. The quantitative estimate of drug-likeness (QED) is 0.311. The number of nitrogens with zero attached hydrogens (tertiary/aromatic N) is 1. The predicted molar refractivity (Wildman–Crippen MR) is 141 cm³/mol. The number of methoxy groups -OCH3 is 3. The summed E-state index contributed by atoms with van der Waals surface area (Å²) in [4.78, 5) is 21.5. The Labute approximate surface area is 209 Å². The van der Waals surface area contributed by atoms with E-state index in [0.29, 0.717) is 35.9 Å². The van der Waals surface area contributed by atoms with Gasteiger partial charge in [0.1, 0.15) is 11.4 Å². The fourth-order valence-electron chi connectivity index (χ4n) is 4.43. The van der Waals surface area contributed by atoms with Gasteiger partial charge in [-0.3, -0.25) is 4.79 Å². The maximum Gasteiger partial charge on any atom is 0.269 e. The molecule has 0 aliphatic carbocycles. The first-order valence-electron chi connectivity index (χ1n) is 11.7. The Bertz CT molecular complexity index is 1540. The number of fused-ring (bicyclic) bond motifs is 3. The topological polar surface area (TPSA) is 85.5 Å². The van der Waals surface area contributed by atoms with Crippen molar-refractivity contribution in [3.8, 4) is 28.5 Å². The standard InChI is InChI=1S/C29H27N3O4/c1-34-19-13-11-18(12-14-19)15-16-30-29(33)24-17-22-20-7-4-5-9-23(20)31-27(22)26(32-24)21-8-6-10-25(35-2)28(21)36-3/h4-14,17,31H,15-16H2,1-3H3,(H,30,33). The molecular weight excluding hydrogens is 454 g/mol. The summed E-state index contributed by atoms with van der Waals surface area (Å²) in [6.45, 7) is 0.483. The number of para-hydroxylation sites is 2. The van der Waals surface area contributed by atoms with E-state index >= 15 is 0 Å². The smallest absolute Gasteiger partial charge is 0.269 e. The van der Waals surface area contributed by atoms with Crippen molar-refractivity contribution in [1.82, 2.24) is 15.3 Å². The Hall–Kier alpha value is -4.52. The average Bonchev–Trinajstić information content (AvgIpc) is 3.31. The molecule has 0 spiro atoms. The number of amides is 1. The number of hydrogen-bond donors (Lipinski definition) is 2. The molecule has 0 saturated heterocycles. The summed E-state index contributed by atoms with van der Waals surface area (Å²) >= 11 is 0. The highest BCUT2D eigenvalue weighted by Gasteiger charge is 2.20. The molecule has 0 saturated carbocycles. The monoisotopic (exact) mass is 481 g/mol. The van der Waals surface area contributed by atoms with Crippen LogP contribution in [0.25, 0.3) is 33.1 Å². The second-order valence-electron chi connectivity index (χ2n) is 8.34. The van der Waals surface area contributed by atoms with Crippen LogP contribution in [-0.4, -0.2) is 43.7 Å². The summed E-state index contributed by atoms with van der Waals surface area (Å²) in [5.41, 5.74) is 4.60. The number of rotatable bonds is 8. The van der Waals surface area contributed by atoms with Crippen LogP contribution in [0.1, 0.15) is 16.1 Å². The molecule has 1 amide bonds. The van der Waals surface area contributed by atoms with Gasteiger partial charge in [0.05, 0.1) is 32.5 Å². The lowest BCUT2D eigenvalue weighted by Gasteiger charge is -2.14. The van der Waals surface area contributed by atoms with Crippen LogP contribution in [0.3, 0.4) is 0 Å². The van der Waals surface area contributed by atoms with E-state index in [1.807, 2.05) is 72.8 Å². The Morgan fingerprint density at radius 2 is 1.69 bits per heavy atom. The van der Waals surface area contributed by atoms with Crippen molar-refractivity contribution in [3.05, 3.63) is 84.1 Å². The number of pyridine rings is 1. The predicted octanol–water partition coefficient (Wildman–Crippen LogP) is 5.38. The van der Waals surface area contributed by atoms with Crippen molar-refractivity contribution >= 4 is 27.7 Å². The summed E-state index contributed by atoms with van der Waals surface area (Å²) in [6.07, 6.45) is 0.696. The van der Waals surface area contributed by atoms with E-state index in [1.54, 1.807) is 21.3 Å². The Kier molecular flexibility index (Phi) is 6.45. The Morgan fingerprint density at radius 1 is 0.889 bits per heavy atom. The average molecular weight is 482 g/mol. The minimum absolute atomic E-state index is 0.237. The summed E-state index contributed by atoms with van der Waals surface area (Å²) in [6, 6.07) is 23.3. The number of aromatic nitrogens is 2. The Balaban J connectivity index is 1.53. The highest BCUT2D eigenvalue weighted by molar-refractivity contribution is 6.13. The molecule has 5 rings (SSSR count). The van der Waals surface area contributed by atoms with Crippen LogP contribution in [0.5, 0.6) is 17.2 Å². The third-order valence-corrected chi connectivity index (χ3v) is 6.25. The van der Waals surface area contributed by atoms with E-state index in [4.69, 9.17) is 19.2 Å². The van der Waals surface area contributed by atoms with Crippen LogP contribution in [0.15, 0.2) is 72.8 Å². The summed E-state index contributed by atoms with van der Waals surface area (Å²) in [5, 5.41) is 4.95. The first-order valence-corrected chi connectivity index (χ1v) is 11.7. The van der Waals surface area contributed by atoms with Crippen LogP contribution >= 0.6 is 0 Å². The fourth-order valence-corrected chi connectivity index (χ4v) is 4.43. The largest absolute Gasteiger partial charge is 0.497 e. The first-order chi connectivity index (χ1) is 17.6.